The van der Waals surface area contributed by atoms with Crippen LogP contribution >= 0.6 is 0 Å². The van der Waals surface area contributed by atoms with Crippen molar-refractivity contribution in [3.63, 3.8) is 0 Å². The molecule has 0 saturated carbocycles. The highest BCUT2D eigenvalue weighted by molar-refractivity contribution is 5.84. The van der Waals surface area contributed by atoms with Gasteiger partial charge in [0.15, 0.2) is 12.2 Å². The van der Waals surface area contributed by atoms with Gasteiger partial charge in [0.2, 0.25) is 0 Å². The molecule has 8 rings (SSSR count). The summed E-state index contributed by atoms with van der Waals surface area (Å²) in [4.78, 5) is 29.2. The first kappa shape index (κ1) is 50.3. The lowest BCUT2D eigenvalue weighted by atomic mass is 9.89. The summed E-state index contributed by atoms with van der Waals surface area (Å²) >= 11 is 0. The fourth-order valence-electron chi connectivity index (χ4n) is 8.74. The molecule has 0 aliphatic carbocycles. The maximum atomic E-state index is 15.2. The first-order chi connectivity index (χ1) is 34.4. The van der Waals surface area contributed by atoms with Crippen molar-refractivity contribution in [3.05, 3.63) is 215 Å². The summed E-state index contributed by atoms with van der Waals surface area (Å²) in [5.41, 5.74) is 12.7. The molecule has 8 unspecified atom stereocenters. The molecule has 70 heavy (non-hydrogen) atoms. The van der Waals surface area contributed by atoms with Gasteiger partial charge in [-0.05, 0) is 33.4 Å². The van der Waals surface area contributed by atoms with E-state index in [1.165, 1.54) is 7.11 Å². The van der Waals surface area contributed by atoms with E-state index >= 15 is 4.79 Å². The first-order valence-corrected chi connectivity index (χ1v) is 23.7. The fraction of sp³-hybridized carbons (Fsp3) is 0.333. The van der Waals surface area contributed by atoms with E-state index in [0.717, 1.165) is 33.4 Å². The van der Waals surface area contributed by atoms with E-state index in [9.17, 15) is 4.79 Å². The largest absolute Gasteiger partial charge is 0.467 e. The normalized spacial score (nSPS) is 24.4. The van der Waals surface area contributed by atoms with Gasteiger partial charge in [-0.15, -0.1) is 0 Å². The van der Waals surface area contributed by atoms with Crippen LogP contribution in [0.25, 0.3) is 0 Å². The number of nitrogens with two attached hydrogens (primary N) is 1. The molecule has 366 valence electrons. The van der Waals surface area contributed by atoms with Crippen LogP contribution in [0.1, 0.15) is 33.4 Å². The second-order valence-electron chi connectivity index (χ2n) is 17.4. The fourth-order valence-corrected chi connectivity index (χ4v) is 8.74. The van der Waals surface area contributed by atoms with Crippen molar-refractivity contribution in [2.24, 2.45) is 5.73 Å². The van der Waals surface area contributed by atoms with E-state index in [0.29, 0.717) is 0 Å². The molecule has 1 amide bonds. The van der Waals surface area contributed by atoms with Crippen LogP contribution < -0.4 is 11.1 Å². The summed E-state index contributed by atoms with van der Waals surface area (Å²) in [5.74, 6) is -1.36. The van der Waals surface area contributed by atoms with Gasteiger partial charge in [-0.3, -0.25) is 4.79 Å². The Morgan fingerprint density at radius 2 is 0.757 bits per heavy atom. The van der Waals surface area contributed by atoms with Gasteiger partial charge in [-0.25, -0.2) is 4.79 Å². The Labute approximate surface area is 410 Å². The summed E-state index contributed by atoms with van der Waals surface area (Å²) in [6.45, 7) is 1.32. The van der Waals surface area contributed by atoms with Crippen molar-refractivity contribution in [2.45, 2.75) is 101 Å². The zero-order chi connectivity index (χ0) is 48.3. The highest BCUT2D eigenvalue weighted by Gasteiger charge is 2.54. The molecule has 6 aromatic carbocycles. The van der Waals surface area contributed by atoms with E-state index in [1.54, 1.807) is 0 Å². The number of ether oxygens (including phenoxy) is 9. The molecule has 13 nitrogen and oxygen atoms in total. The molecule has 3 N–H and O–H groups in total. The number of rotatable bonds is 23. The van der Waals surface area contributed by atoms with Crippen molar-refractivity contribution in [1.29, 1.82) is 0 Å². The molecular weight excluding hydrogens is 889 g/mol. The Balaban J connectivity index is 1.11. The van der Waals surface area contributed by atoms with E-state index in [4.69, 9.17) is 48.4 Å². The monoisotopic (exact) mass is 950 g/mol. The smallest absolute Gasteiger partial charge is 0.337 e. The maximum Gasteiger partial charge on any atom is 0.337 e. The molecule has 0 aromatic heterocycles. The van der Waals surface area contributed by atoms with Crippen LogP contribution in [0.5, 0.6) is 0 Å². The average molecular weight is 951 g/mol. The zero-order valence-corrected chi connectivity index (χ0v) is 39.3. The van der Waals surface area contributed by atoms with Crippen LogP contribution in [0.4, 0.5) is 0 Å². The topological polar surface area (TPSA) is 155 Å². The van der Waals surface area contributed by atoms with Gasteiger partial charge in [0.1, 0.15) is 36.6 Å². The van der Waals surface area contributed by atoms with Crippen LogP contribution in [0, 0.1) is 0 Å². The van der Waals surface area contributed by atoms with E-state index in [2.05, 4.69) is 5.32 Å². The highest BCUT2D eigenvalue weighted by atomic mass is 16.6. The Morgan fingerprint density at radius 1 is 0.443 bits per heavy atom. The van der Waals surface area contributed by atoms with Crippen molar-refractivity contribution in [2.75, 3.05) is 20.3 Å². The van der Waals surface area contributed by atoms with Gasteiger partial charge in [0.05, 0.1) is 72.0 Å². The Hall–Kier alpha value is -6.10. The maximum absolute atomic E-state index is 15.2. The van der Waals surface area contributed by atoms with Gasteiger partial charge in [-0.2, -0.15) is 0 Å². The predicted molar refractivity (Wildman–Crippen MR) is 262 cm³/mol. The van der Waals surface area contributed by atoms with Crippen molar-refractivity contribution >= 4 is 11.9 Å². The van der Waals surface area contributed by atoms with Gasteiger partial charge < -0.3 is 53.7 Å². The van der Waals surface area contributed by atoms with Crippen LogP contribution in [-0.4, -0.2) is 93.1 Å². The standard InChI is InChI=1S/C57H62N2O11/c1-62-57(61)55-49(54(68-37-45-30-18-7-19-31-45)51(66-35-43-26-14-5-15-27-43)47(70-55)39-64-33-41-22-10-3-11-23-41)59-56(60)53-48(58)52(67-36-44-28-16-6-17-29-44)50(65-34-42-24-12-4-13-25-42)46(69-53)38-63-32-40-20-8-2-9-21-40/h2-31,46-55H,32-39,58H2,1H3,(H,59,60)/t46?,47-,48?,49?,50?,51?,52?,53?,54?,55-/m1/s1. The van der Waals surface area contributed by atoms with Gasteiger partial charge in [0, 0.05) is 0 Å². The van der Waals surface area contributed by atoms with Gasteiger partial charge in [0.25, 0.3) is 5.91 Å². The van der Waals surface area contributed by atoms with Crippen LogP contribution in [0.15, 0.2) is 182 Å². The minimum absolute atomic E-state index is 0.0276. The quantitative estimate of drug-likeness (QED) is 0.0621. The number of esters is 1. The number of benzene rings is 6. The number of amides is 1. The molecule has 2 saturated heterocycles. The first-order valence-electron chi connectivity index (χ1n) is 23.7. The predicted octanol–water partition coefficient (Wildman–Crippen LogP) is 7.28. The second kappa shape index (κ2) is 26.2. The highest BCUT2D eigenvalue weighted by Crippen LogP contribution is 2.32. The molecule has 10 atom stereocenters. The summed E-state index contributed by atoms with van der Waals surface area (Å²) in [6, 6.07) is 56.1. The van der Waals surface area contributed by atoms with Crippen molar-refractivity contribution in [3.8, 4) is 0 Å². The number of methoxy groups -OCH3 is 1. The van der Waals surface area contributed by atoms with E-state index in [-0.39, 0.29) is 52.9 Å². The number of carbonyl (C=O) groups excluding carboxylic acids is 2. The molecule has 2 fully saturated rings. The lowest BCUT2D eigenvalue weighted by molar-refractivity contribution is -0.240. The molecule has 2 heterocycles. The third-order valence-corrected chi connectivity index (χ3v) is 12.4. The zero-order valence-electron chi connectivity index (χ0n) is 39.3. The summed E-state index contributed by atoms with van der Waals surface area (Å²) in [5, 5.41) is 3.12. The lowest BCUT2D eigenvalue weighted by Crippen LogP contribution is -2.71. The van der Waals surface area contributed by atoms with Crippen LogP contribution in [0.2, 0.25) is 0 Å². The average Bonchev–Trinajstić information content (AvgIpc) is 3.41. The SMILES string of the molecule is COC(=O)[C@@H]1O[C@H](COCc2ccccc2)C(OCc2ccccc2)C(OCc2ccccc2)C1NC(=O)C1OC(COCc2ccccc2)C(OCc2ccccc2)C(OCc2ccccc2)C1N. The number of carbonyl (C=O) groups is 2. The third-order valence-electron chi connectivity index (χ3n) is 12.4. The van der Waals surface area contributed by atoms with Crippen LogP contribution in [-0.2, 0) is 91.9 Å². The second-order valence-corrected chi connectivity index (χ2v) is 17.4. The number of hydrogen-bond acceptors (Lipinski definition) is 12. The Morgan fingerprint density at radius 3 is 1.13 bits per heavy atom. The molecular formula is C57H62N2O11. The summed E-state index contributed by atoms with van der Waals surface area (Å²) in [7, 11) is 1.27. The van der Waals surface area contributed by atoms with E-state index < -0.39 is 72.8 Å². The molecule has 2 aliphatic heterocycles. The number of hydrogen-bond donors (Lipinski definition) is 2. The molecule has 0 bridgehead atoms. The molecule has 0 radical (unpaired) electrons. The van der Waals surface area contributed by atoms with Crippen molar-refractivity contribution < 1.29 is 52.2 Å². The molecule has 13 heteroatoms. The molecule has 0 spiro atoms. The third kappa shape index (κ3) is 14.0. The summed E-state index contributed by atoms with van der Waals surface area (Å²) < 4.78 is 58.2. The number of nitrogens with one attached hydrogen (secondary N) is 1. The minimum atomic E-state index is -1.37. The minimum Gasteiger partial charge on any atom is -0.467 e. The Kier molecular flexibility index (Phi) is 18.8. The lowest BCUT2D eigenvalue weighted by Gasteiger charge is -2.47. The van der Waals surface area contributed by atoms with Gasteiger partial charge >= 0.3 is 5.97 Å². The Bertz CT molecular complexity index is 2440. The van der Waals surface area contributed by atoms with Crippen molar-refractivity contribution in [1.82, 2.24) is 5.32 Å². The molecule has 6 aromatic rings. The van der Waals surface area contributed by atoms with Crippen LogP contribution in [0.3, 0.4) is 0 Å². The summed E-state index contributed by atoms with van der Waals surface area (Å²) in [6.07, 6.45) is -7.87. The van der Waals surface area contributed by atoms with Gasteiger partial charge in [-0.1, -0.05) is 182 Å². The van der Waals surface area contributed by atoms with E-state index in [1.807, 2.05) is 182 Å². The molecule has 2 aliphatic rings.